The van der Waals surface area contributed by atoms with E-state index in [2.05, 4.69) is 16.0 Å². The zero-order valence-corrected chi connectivity index (χ0v) is 18.6. The van der Waals surface area contributed by atoms with Gasteiger partial charge in [0.2, 0.25) is 23.6 Å². The van der Waals surface area contributed by atoms with E-state index >= 15 is 0 Å². The van der Waals surface area contributed by atoms with Crippen LogP contribution in [0.15, 0.2) is 0 Å². The number of primary amides is 1. The van der Waals surface area contributed by atoms with Gasteiger partial charge in [-0.05, 0) is 37.7 Å². The fraction of sp³-hybridized carbons (Fsp3) is 0.722. The maximum Gasteiger partial charge on any atom is 0.325 e. The van der Waals surface area contributed by atoms with Gasteiger partial charge in [-0.15, -0.1) is 0 Å². The van der Waals surface area contributed by atoms with Gasteiger partial charge in [-0.25, -0.2) is 0 Å². The third-order valence-corrected chi connectivity index (χ3v) is 4.95. The molecular weight excluding hydrogens is 414 g/mol. The number of nitrogens with two attached hydrogens (primary N) is 2. The molecule has 172 valence electrons. The number of nitrogens with one attached hydrogen (secondary N) is 3. The number of aliphatic carboxylic acids is 1. The third kappa shape index (κ3) is 10.4. The predicted molar refractivity (Wildman–Crippen MR) is 113 cm³/mol. The van der Waals surface area contributed by atoms with E-state index in [0.29, 0.717) is 5.75 Å². The number of carboxylic acid groups (broad SMARTS) is 1. The quantitative estimate of drug-likeness (QED) is 0.186. The first-order valence-corrected chi connectivity index (χ1v) is 11.0. The van der Waals surface area contributed by atoms with Gasteiger partial charge in [-0.2, -0.15) is 11.8 Å². The summed E-state index contributed by atoms with van der Waals surface area (Å²) >= 11 is 1.44. The number of rotatable bonds is 14. The Kier molecular flexibility index (Phi) is 12.7. The van der Waals surface area contributed by atoms with Crippen molar-refractivity contribution in [2.45, 2.75) is 64.2 Å². The predicted octanol–water partition coefficient (Wildman–Crippen LogP) is -1.45. The van der Waals surface area contributed by atoms with Crippen molar-refractivity contribution in [1.29, 1.82) is 0 Å². The largest absolute Gasteiger partial charge is 0.480 e. The average molecular weight is 448 g/mol. The lowest BCUT2D eigenvalue weighted by Crippen LogP contribution is -2.57. The molecule has 0 saturated heterocycles. The number of hydrogen-bond donors (Lipinski definition) is 6. The van der Waals surface area contributed by atoms with E-state index < -0.39 is 53.8 Å². The summed E-state index contributed by atoms with van der Waals surface area (Å²) in [4.78, 5) is 59.6. The van der Waals surface area contributed by atoms with Crippen molar-refractivity contribution in [2.24, 2.45) is 17.4 Å². The highest BCUT2D eigenvalue weighted by atomic mass is 32.2. The van der Waals surface area contributed by atoms with Crippen LogP contribution in [0.4, 0.5) is 0 Å². The summed E-state index contributed by atoms with van der Waals surface area (Å²) in [6, 6.07) is -4.14. The second-order valence-corrected chi connectivity index (χ2v) is 8.23. The van der Waals surface area contributed by atoms with Gasteiger partial charge in [0.15, 0.2) is 0 Å². The van der Waals surface area contributed by atoms with E-state index in [0.717, 1.165) is 0 Å². The molecule has 30 heavy (non-hydrogen) atoms. The molecule has 4 amide bonds. The van der Waals surface area contributed by atoms with Crippen LogP contribution in [0.1, 0.15) is 40.0 Å². The van der Waals surface area contributed by atoms with E-state index in [4.69, 9.17) is 16.6 Å². The molecule has 0 fully saturated rings. The first-order valence-electron chi connectivity index (χ1n) is 9.57. The Morgan fingerprint density at radius 3 is 1.87 bits per heavy atom. The van der Waals surface area contributed by atoms with Crippen LogP contribution in [0.25, 0.3) is 0 Å². The molecular formula is C18H33N5O6S. The Hall–Kier alpha value is -2.34. The molecule has 0 bridgehead atoms. The van der Waals surface area contributed by atoms with Crippen molar-refractivity contribution in [2.75, 3.05) is 12.0 Å². The fourth-order valence-electron chi connectivity index (χ4n) is 2.28. The molecule has 0 spiro atoms. The summed E-state index contributed by atoms with van der Waals surface area (Å²) in [6.45, 7) is 4.79. The minimum Gasteiger partial charge on any atom is -0.480 e. The van der Waals surface area contributed by atoms with Crippen molar-refractivity contribution in [3.05, 3.63) is 0 Å². The van der Waals surface area contributed by atoms with Gasteiger partial charge in [0.25, 0.3) is 0 Å². The van der Waals surface area contributed by atoms with Crippen molar-refractivity contribution >= 4 is 41.4 Å². The monoisotopic (exact) mass is 447 g/mol. The molecule has 8 N–H and O–H groups in total. The number of thioether (sulfide) groups is 1. The summed E-state index contributed by atoms with van der Waals surface area (Å²) in [5.41, 5.74) is 11.0. The van der Waals surface area contributed by atoms with Gasteiger partial charge in [0.1, 0.15) is 18.1 Å². The minimum atomic E-state index is -1.22. The van der Waals surface area contributed by atoms with Crippen LogP contribution in [0.2, 0.25) is 0 Å². The minimum absolute atomic E-state index is 0.0693. The highest BCUT2D eigenvalue weighted by Crippen LogP contribution is 2.06. The first kappa shape index (κ1) is 27.7. The van der Waals surface area contributed by atoms with E-state index in [1.165, 1.54) is 18.7 Å². The number of carbonyl (C=O) groups excluding carboxylic acids is 4. The molecule has 0 saturated carbocycles. The maximum absolute atomic E-state index is 12.8. The van der Waals surface area contributed by atoms with Crippen LogP contribution < -0.4 is 27.4 Å². The molecule has 0 radical (unpaired) electrons. The summed E-state index contributed by atoms with van der Waals surface area (Å²) in [6.07, 6.45) is 1.83. The molecule has 0 aliphatic carbocycles. The molecule has 0 heterocycles. The Morgan fingerprint density at radius 2 is 1.40 bits per heavy atom. The van der Waals surface area contributed by atoms with Gasteiger partial charge in [-0.3, -0.25) is 24.0 Å². The second kappa shape index (κ2) is 13.8. The lowest BCUT2D eigenvalue weighted by Gasteiger charge is -2.25. The van der Waals surface area contributed by atoms with Gasteiger partial charge >= 0.3 is 5.97 Å². The summed E-state index contributed by atoms with van der Waals surface area (Å²) in [7, 11) is 0. The molecule has 4 atom stereocenters. The van der Waals surface area contributed by atoms with Crippen molar-refractivity contribution in [3.8, 4) is 0 Å². The number of amides is 4. The summed E-state index contributed by atoms with van der Waals surface area (Å²) in [5.74, 6) is -3.44. The van der Waals surface area contributed by atoms with Gasteiger partial charge < -0.3 is 32.5 Å². The van der Waals surface area contributed by atoms with Gasteiger partial charge in [0.05, 0.1) is 6.04 Å². The second-order valence-electron chi connectivity index (χ2n) is 7.25. The van der Waals surface area contributed by atoms with E-state index in [1.54, 1.807) is 13.8 Å². The summed E-state index contributed by atoms with van der Waals surface area (Å²) < 4.78 is 0. The molecule has 12 heteroatoms. The van der Waals surface area contributed by atoms with Crippen LogP contribution in [0.3, 0.4) is 0 Å². The van der Waals surface area contributed by atoms with Crippen LogP contribution >= 0.6 is 11.8 Å². The molecule has 0 aromatic carbocycles. The highest BCUT2D eigenvalue weighted by molar-refractivity contribution is 7.98. The molecule has 0 aromatic heterocycles. The molecule has 0 rings (SSSR count). The van der Waals surface area contributed by atoms with Crippen LogP contribution in [0, 0.1) is 5.92 Å². The smallest absolute Gasteiger partial charge is 0.325 e. The molecule has 0 aliphatic heterocycles. The van der Waals surface area contributed by atoms with Crippen LogP contribution in [-0.2, 0) is 24.0 Å². The fourth-order valence-corrected chi connectivity index (χ4v) is 2.75. The van der Waals surface area contributed by atoms with Gasteiger partial charge in [-0.1, -0.05) is 13.8 Å². The van der Waals surface area contributed by atoms with E-state index in [-0.39, 0.29) is 25.2 Å². The topological polar surface area (TPSA) is 194 Å². The third-order valence-electron chi connectivity index (χ3n) is 4.31. The van der Waals surface area contributed by atoms with Crippen molar-refractivity contribution < 1.29 is 29.1 Å². The lowest BCUT2D eigenvalue weighted by atomic mass is 10.0. The SMILES string of the molecule is CSCCC(NC(=O)C(CCC(N)=O)NC(=O)C(N)C(C)C)C(=O)NC(C)C(=O)O. The maximum atomic E-state index is 12.8. The summed E-state index contributed by atoms with van der Waals surface area (Å²) in [5, 5.41) is 16.3. The average Bonchev–Trinajstić information content (AvgIpc) is 2.66. The van der Waals surface area contributed by atoms with Crippen molar-refractivity contribution in [1.82, 2.24) is 16.0 Å². The number of carbonyl (C=O) groups is 5. The van der Waals surface area contributed by atoms with Gasteiger partial charge in [0, 0.05) is 6.42 Å². The molecule has 0 aromatic rings. The van der Waals surface area contributed by atoms with Crippen molar-refractivity contribution in [3.63, 3.8) is 0 Å². The highest BCUT2D eigenvalue weighted by Gasteiger charge is 2.29. The Bertz CT molecular complexity index is 630. The Labute approximate surface area is 180 Å². The normalized spacial score (nSPS) is 14.9. The standard InChI is InChI=1S/C18H33N5O6S/c1-9(2)14(20)17(27)23-11(5-6-13(19)24)16(26)22-12(7-8-30-4)15(25)21-10(3)18(28)29/h9-12,14H,5-8,20H2,1-4H3,(H2,19,24)(H,21,25)(H,22,26)(H,23,27)(H,28,29). The van der Waals surface area contributed by atoms with Crippen LogP contribution in [0.5, 0.6) is 0 Å². The first-order chi connectivity index (χ1) is 13.9. The van der Waals surface area contributed by atoms with E-state index in [9.17, 15) is 24.0 Å². The molecule has 4 unspecified atom stereocenters. The zero-order chi connectivity index (χ0) is 23.4. The number of carboxylic acids is 1. The Morgan fingerprint density at radius 1 is 0.900 bits per heavy atom. The zero-order valence-electron chi connectivity index (χ0n) is 17.8. The number of hydrogen-bond acceptors (Lipinski definition) is 7. The molecule has 11 nitrogen and oxygen atoms in total. The van der Waals surface area contributed by atoms with E-state index in [1.807, 2.05) is 6.26 Å². The van der Waals surface area contributed by atoms with Crippen LogP contribution in [-0.4, -0.2) is 70.9 Å². The molecule has 0 aliphatic rings. The Balaban J connectivity index is 5.36. The lowest BCUT2D eigenvalue weighted by molar-refractivity contribution is -0.141.